The first kappa shape index (κ1) is 25.9. The Hall–Kier alpha value is -2.72. The molecule has 34 heavy (non-hydrogen) atoms. The highest BCUT2D eigenvalue weighted by Gasteiger charge is 2.40. The Morgan fingerprint density at radius 1 is 0.941 bits per heavy atom. The van der Waals surface area contributed by atoms with Gasteiger partial charge in [0.15, 0.2) is 5.85 Å². The third kappa shape index (κ3) is 6.89. The van der Waals surface area contributed by atoms with Crippen molar-refractivity contribution in [1.29, 1.82) is 0 Å². The number of aliphatic hydroxyl groups excluding tert-OH is 1. The number of carbonyl (C=O) groups is 1. The van der Waals surface area contributed by atoms with E-state index < -0.39 is 24.9 Å². The normalized spacial score (nSPS) is 15.2. The van der Waals surface area contributed by atoms with Crippen LogP contribution >= 0.6 is 7.37 Å². The van der Waals surface area contributed by atoms with Gasteiger partial charge in [-0.2, -0.15) is 0 Å². The average molecular weight is 480 g/mol. The predicted octanol–water partition coefficient (Wildman–Crippen LogP) is 5.52. The van der Waals surface area contributed by atoms with Crippen LogP contribution in [0, 0.1) is 6.92 Å². The lowest BCUT2D eigenvalue weighted by Gasteiger charge is -2.30. The molecule has 0 heterocycles. The molecule has 180 valence electrons. The van der Waals surface area contributed by atoms with Gasteiger partial charge in [0.2, 0.25) is 5.91 Å². The van der Waals surface area contributed by atoms with Crippen molar-refractivity contribution in [2.24, 2.45) is 0 Å². The second kappa shape index (κ2) is 11.1. The molecule has 0 aromatic heterocycles. The second-order valence-electron chi connectivity index (χ2n) is 9.57. The summed E-state index contributed by atoms with van der Waals surface area (Å²) in [5.41, 5.74) is 2.07. The van der Waals surface area contributed by atoms with E-state index in [-0.39, 0.29) is 5.91 Å². The van der Waals surface area contributed by atoms with Gasteiger partial charge in [-0.1, -0.05) is 78.4 Å². The highest BCUT2D eigenvalue weighted by atomic mass is 31.2. The van der Waals surface area contributed by atoms with Gasteiger partial charge in [0.25, 0.3) is 7.37 Å². The summed E-state index contributed by atoms with van der Waals surface area (Å²) in [7, 11) is -3.90. The molecule has 5 nitrogen and oxygen atoms in total. The number of benzene rings is 3. The number of aliphatic hydroxyl groups is 1. The van der Waals surface area contributed by atoms with Crippen molar-refractivity contribution >= 4 is 18.6 Å². The van der Waals surface area contributed by atoms with E-state index in [2.05, 4.69) is 5.32 Å². The minimum Gasteiger partial charge on any atom is -0.378 e. The van der Waals surface area contributed by atoms with Gasteiger partial charge >= 0.3 is 0 Å². The van der Waals surface area contributed by atoms with Gasteiger partial charge in [-0.3, -0.25) is 9.36 Å². The third-order valence-corrected chi connectivity index (χ3v) is 7.95. The summed E-state index contributed by atoms with van der Waals surface area (Å²) in [5.74, 6) is -1.76. The lowest BCUT2D eigenvalue weighted by atomic mass is 10.0. The molecule has 3 atom stereocenters. The third-order valence-electron chi connectivity index (χ3n) is 5.43. The van der Waals surface area contributed by atoms with E-state index in [9.17, 15) is 14.5 Å². The van der Waals surface area contributed by atoms with Crippen LogP contribution in [-0.2, 0) is 20.3 Å². The zero-order valence-electron chi connectivity index (χ0n) is 20.3. The number of carbonyl (C=O) groups excluding carboxylic acids is 1. The van der Waals surface area contributed by atoms with Crippen molar-refractivity contribution in [3.05, 3.63) is 102 Å². The Kier molecular flexibility index (Phi) is 8.48. The van der Waals surface area contributed by atoms with Crippen molar-refractivity contribution in [2.45, 2.75) is 58.0 Å². The number of hydrogen-bond donors (Lipinski definition) is 2. The molecule has 2 N–H and O–H groups in total. The quantitative estimate of drug-likeness (QED) is 0.396. The maximum absolute atomic E-state index is 14.4. The zero-order chi connectivity index (χ0) is 24.8. The van der Waals surface area contributed by atoms with Crippen LogP contribution in [0.25, 0.3) is 0 Å². The molecule has 0 saturated carbocycles. The van der Waals surface area contributed by atoms with E-state index in [0.717, 1.165) is 11.1 Å². The van der Waals surface area contributed by atoms with Crippen LogP contribution in [0.3, 0.4) is 0 Å². The SMILES string of the molecule is Cc1ccc(C(O)P(=O)(OC(CCc2ccccc2)C(=O)NC(C)(C)C)c2ccccc2)cc1. The smallest absolute Gasteiger partial charge is 0.264 e. The van der Waals surface area contributed by atoms with Crippen LogP contribution in [0.2, 0.25) is 0 Å². The van der Waals surface area contributed by atoms with E-state index in [1.54, 1.807) is 36.4 Å². The molecular weight excluding hydrogens is 445 g/mol. The van der Waals surface area contributed by atoms with E-state index in [1.807, 2.05) is 76.2 Å². The summed E-state index contributed by atoms with van der Waals surface area (Å²) >= 11 is 0. The molecule has 3 rings (SSSR count). The number of nitrogens with one attached hydrogen (secondary N) is 1. The maximum atomic E-state index is 14.4. The Morgan fingerprint density at radius 2 is 1.50 bits per heavy atom. The molecule has 0 spiro atoms. The Labute approximate surface area is 202 Å². The van der Waals surface area contributed by atoms with Crippen molar-refractivity contribution < 1.29 is 19.0 Å². The van der Waals surface area contributed by atoms with Crippen molar-refractivity contribution in [2.75, 3.05) is 0 Å². The minimum absolute atomic E-state index is 0.323. The first-order valence-electron chi connectivity index (χ1n) is 11.5. The topological polar surface area (TPSA) is 75.6 Å². The van der Waals surface area contributed by atoms with Crippen molar-refractivity contribution in [3.63, 3.8) is 0 Å². The molecule has 0 aliphatic rings. The molecule has 3 aromatic carbocycles. The van der Waals surface area contributed by atoms with Crippen molar-refractivity contribution in [3.8, 4) is 0 Å². The Bertz CT molecular complexity index is 1110. The number of hydrogen-bond acceptors (Lipinski definition) is 4. The number of amides is 1. The summed E-state index contributed by atoms with van der Waals surface area (Å²) in [6.45, 7) is 7.60. The molecule has 3 unspecified atom stereocenters. The first-order valence-corrected chi connectivity index (χ1v) is 13.2. The molecule has 0 radical (unpaired) electrons. The fourth-order valence-electron chi connectivity index (χ4n) is 3.64. The lowest BCUT2D eigenvalue weighted by molar-refractivity contribution is -0.129. The average Bonchev–Trinajstić information content (AvgIpc) is 2.81. The van der Waals surface area contributed by atoms with Crippen LogP contribution < -0.4 is 10.6 Å². The zero-order valence-corrected chi connectivity index (χ0v) is 21.2. The fourth-order valence-corrected chi connectivity index (χ4v) is 5.89. The molecule has 0 bridgehead atoms. The van der Waals surface area contributed by atoms with Gasteiger partial charge < -0.3 is 14.9 Å². The minimum atomic E-state index is -3.90. The van der Waals surface area contributed by atoms with Gasteiger partial charge in [0, 0.05) is 10.8 Å². The van der Waals surface area contributed by atoms with Gasteiger partial charge in [-0.15, -0.1) is 0 Å². The lowest BCUT2D eigenvalue weighted by Crippen LogP contribution is -2.47. The molecule has 0 fully saturated rings. The molecule has 3 aromatic rings. The first-order chi connectivity index (χ1) is 16.1. The summed E-state index contributed by atoms with van der Waals surface area (Å²) in [5, 5.41) is 14.6. The largest absolute Gasteiger partial charge is 0.378 e. The standard InChI is InChI=1S/C28H34NO4P/c1-21-15-18-23(19-16-21)27(31)34(32,24-13-9-6-10-14-24)33-25(26(30)29-28(2,3)4)20-17-22-11-7-5-8-12-22/h5-16,18-19,25,27,31H,17,20H2,1-4H3,(H,29,30). The monoisotopic (exact) mass is 479 g/mol. The highest BCUT2D eigenvalue weighted by Crippen LogP contribution is 2.58. The van der Waals surface area contributed by atoms with E-state index in [1.165, 1.54) is 0 Å². The predicted molar refractivity (Wildman–Crippen MR) is 137 cm³/mol. The van der Waals surface area contributed by atoms with Crippen LogP contribution in [0.15, 0.2) is 84.9 Å². The summed E-state index contributed by atoms with van der Waals surface area (Å²) in [6.07, 6.45) is -0.118. The van der Waals surface area contributed by atoms with Crippen LogP contribution in [0.5, 0.6) is 0 Å². The van der Waals surface area contributed by atoms with Crippen molar-refractivity contribution in [1.82, 2.24) is 5.32 Å². The molecule has 6 heteroatoms. The van der Waals surface area contributed by atoms with Gasteiger partial charge in [-0.05, 0) is 63.8 Å². The van der Waals surface area contributed by atoms with Crippen LogP contribution in [-0.4, -0.2) is 22.7 Å². The molecular formula is C28H34NO4P. The maximum Gasteiger partial charge on any atom is 0.264 e. The summed E-state index contributed by atoms with van der Waals surface area (Å²) < 4.78 is 20.6. The second-order valence-corrected chi connectivity index (χ2v) is 12.0. The summed E-state index contributed by atoms with van der Waals surface area (Å²) in [6, 6.07) is 25.6. The summed E-state index contributed by atoms with van der Waals surface area (Å²) in [4.78, 5) is 13.3. The van der Waals surface area contributed by atoms with Crippen LogP contribution in [0.1, 0.15) is 49.7 Å². The molecule has 0 aliphatic heterocycles. The van der Waals surface area contributed by atoms with Gasteiger partial charge in [0.05, 0.1) is 0 Å². The van der Waals surface area contributed by atoms with Gasteiger partial charge in [-0.25, -0.2) is 0 Å². The Morgan fingerprint density at radius 3 is 2.06 bits per heavy atom. The fraction of sp³-hybridized carbons (Fsp3) is 0.321. The van der Waals surface area contributed by atoms with E-state index >= 15 is 0 Å². The van der Waals surface area contributed by atoms with Gasteiger partial charge in [0.1, 0.15) is 6.10 Å². The molecule has 0 aliphatic carbocycles. The Balaban J connectivity index is 1.97. The van der Waals surface area contributed by atoms with Crippen LogP contribution in [0.4, 0.5) is 0 Å². The number of rotatable bonds is 9. The highest BCUT2D eigenvalue weighted by molar-refractivity contribution is 7.67. The number of aryl methyl sites for hydroxylation is 2. The molecule has 0 saturated heterocycles. The van der Waals surface area contributed by atoms with E-state index in [4.69, 9.17) is 4.52 Å². The van der Waals surface area contributed by atoms with E-state index in [0.29, 0.717) is 23.7 Å². The molecule has 1 amide bonds.